The molecule has 8 heteroatoms. The highest BCUT2D eigenvalue weighted by Crippen LogP contribution is 2.50. The molecule has 0 amide bonds. The van der Waals surface area contributed by atoms with Crippen molar-refractivity contribution in [1.29, 1.82) is 0 Å². The first-order chi connectivity index (χ1) is 22.9. The summed E-state index contributed by atoms with van der Waals surface area (Å²) in [6.45, 7) is 14.4. The van der Waals surface area contributed by atoms with Crippen LogP contribution < -0.4 is 4.74 Å². The number of rotatable bonds is 17. The van der Waals surface area contributed by atoms with Crippen LogP contribution in [0.5, 0.6) is 5.75 Å². The molecular weight excluding hydrogens is 656 g/mol. The van der Waals surface area contributed by atoms with Gasteiger partial charge in [0.2, 0.25) is 0 Å². The zero-order chi connectivity index (χ0) is 34.9. The van der Waals surface area contributed by atoms with E-state index in [1.165, 1.54) is 47.3 Å². The Morgan fingerprint density at radius 3 is 2.31 bits per heavy atom. The lowest BCUT2D eigenvalue weighted by molar-refractivity contribution is 0.0321. The number of methoxy groups -OCH3 is 2. The fourth-order valence-electron chi connectivity index (χ4n) is 6.55. The Kier molecular flexibility index (Phi) is 14.2. The molecule has 0 aliphatic heterocycles. The lowest BCUT2D eigenvalue weighted by Gasteiger charge is -2.40. The van der Waals surface area contributed by atoms with Crippen LogP contribution in [-0.2, 0) is 26.9 Å². The maximum absolute atomic E-state index is 12.0. The molecule has 1 aromatic heterocycles. The smallest absolute Gasteiger partial charge is 0.348 e. The highest BCUT2D eigenvalue weighted by Gasteiger charge is 2.48. The Morgan fingerprint density at radius 2 is 1.69 bits per heavy atom. The van der Waals surface area contributed by atoms with E-state index in [9.17, 15) is 4.79 Å². The minimum atomic E-state index is -2.02. The molecule has 5 atom stereocenters. The SMILES string of the molecule is CCCCCC(OCc1ccc(OC)cc1)c1ccc([C@H]2[C@H](O[Si](C)(C)C(C)(C)C)CC(Cl)[C@@H]2CCCc2ccc(C(=O)OC)s2)cc1. The van der Waals surface area contributed by atoms with E-state index >= 15 is 0 Å². The molecule has 0 spiro atoms. The highest BCUT2D eigenvalue weighted by atomic mass is 35.5. The number of hydrogen-bond donors (Lipinski definition) is 0. The number of carbonyl (C=O) groups is 1. The van der Waals surface area contributed by atoms with Gasteiger partial charge < -0.3 is 18.6 Å². The highest BCUT2D eigenvalue weighted by molar-refractivity contribution is 7.13. The van der Waals surface area contributed by atoms with Gasteiger partial charge in [0.1, 0.15) is 10.6 Å². The van der Waals surface area contributed by atoms with E-state index < -0.39 is 8.32 Å². The Balaban J connectivity index is 1.54. The zero-order valence-corrected chi connectivity index (χ0v) is 32.9. The van der Waals surface area contributed by atoms with E-state index in [2.05, 4.69) is 83.3 Å². The van der Waals surface area contributed by atoms with Crippen LogP contribution in [0.2, 0.25) is 18.1 Å². The Hall–Kier alpha value is -2.16. The first kappa shape index (κ1) is 38.6. The molecule has 0 N–H and O–H groups in total. The molecule has 5 nitrogen and oxygen atoms in total. The van der Waals surface area contributed by atoms with Crippen LogP contribution in [0.15, 0.2) is 60.7 Å². The number of benzene rings is 2. The number of halogens is 1. The molecule has 1 saturated carbocycles. The minimum absolute atomic E-state index is 0.0350. The monoisotopic (exact) mass is 712 g/mol. The number of carbonyl (C=O) groups excluding carboxylic acids is 1. The lowest BCUT2D eigenvalue weighted by Crippen LogP contribution is -2.44. The molecule has 0 saturated heterocycles. The van der Waals surface area contributed by atoms with Gasteiger partial charge in [-0.3, -0.25) is 0 Å². The van der Waals surface area contributed by atoms with Crippen molar-refractivity contribution >= 4 is 37.2 Å². The second-order valence-corrected chi connectivity index (χ2v) is 21.3. The summed E-state index contributed by atoms with van der Waals surface area (Å²) in [5.74, 6) is 1.12. The van der Waals surface area contributed by atoms with Crippen molar-refractivity contribution in [3.63, 3.8) is 0 Å². The van der Waals surface area contributed by atoms with E-state index in [-0.39, 0.29) is 34.5 Å². The normalized spacial score (nSPS) is 20.5. The van der Waals surface area contributed by atoms with E-state index in [0.29, 0.717) is 17.4 Å². The van der Waals surface area contributed by atoms with Crippen LogP contribution in [0.3, 0.4) is 0 Å². The summed E-state index contributed by atoms with van der Waals surface area (Å²) in [6, 6.07) is 21.2. The van der Waals surface area contributed by atoms with Crippen molar-refractivity contribution in [3.05, 3.63) is 87.1 Å². The van der Waals surface area contributed by atoms with Crippen molar-refractivity contribution in [2.45, 2.75) is 127 Å². The number of ether oxygens (including phenoxy) is 3. The molecule has 0 radical (unpaired) electrons. The van der Waals surface area contributed by atoms with Gasteiger partial charge in [0.15, 0.2) is 8.32 Å². The van der Waals surface area contributed by atoms with Crippen molar-refractivity contribution in [3.8, 4) is 5.75 Å². The summed E-state index contributed by atoms with van der Waals surface area (Å²) in [4.78, 5) is 13.8. The molecule has 1 fully saturated rings. The average molecular weight is 713 g/mol. The van der Waals surface area contributed by atoms with Gasteiger partial charge in [-0.05, 0) is 97.1 Å². The van der Waals surface area contributed by atoms with Gasteiger partial charge >= 0.3 is 5.97 Å². The molecule has 1 aliphatic carbocycles. The number of alkyl halides is 1. The molecule has 0 bridgehead atoms. The maximum Gasteiger partial charge on any atom is 0.348 e. The topological polar surface area (TPSA) is 54.0 Å². The zero-order valence-electron chi connectivity index (χ0n) is 30.4. The van der Waals surface area contributed by atoms with Crippen LogP contribution in [0.25, 0.3) is 0 Å². The Bertz CT molecular complexity index is 1410. The Labute approximate surface area is 299 Å². The average Bonchev–Trinajstić information content (AvgIpc) is 3.66. The summed E-state index contributed by atoms with van der Waals surface area (Å²) < 4.78 is 24.0. The summed E-state index contributed by atoms with van der Waals surface area (Å²) >= 11 is 8.76. The van der Waals surface area contributed by atoms with Crippen molar-refractivity contribution in [2.75, 3.05) is 14.2 Å². The number of unbranched alkanes of at least 4 members (excludes halogenated alkanes) is 2. The predicted molar refractivity (Wildman–Crippen MR) is 202 cm³/mol. The summed E-state index contributed by atoms with van der Waals surface area (Å²) in [6.07, 6.45) is 8.44. The number of aryl methyl sites for hydroxylation is 1. The first-order valence-electron chi connectivity index (χ1n) is 17.7. The van der Waals surface area contributed by atoms with Gasteiger partial charge in [-0.25, -0.2) is 4.79 Å². The molecule has 48 heavy (non-hydrogen) atoms. The molecule has 3 aromatic rings. The molecule has 264 valence electrons. The molecule has 2 aromatic carbocycles. The predicted octanol–water partition coefficient (Wildman–Crippen LogP) is 11.5. The minimum Gasteiger partial charge on any atom is -0.497 e. The lowest BCUT2D eigenvalue weighted by atomic mass is 9.84. The standard InChI is InChI=1S/C40H57ClO5SSi/c1-9-10-11-15-35(45-27-28-16-22-31(43-5)23-17-28)29-18-20-30(21-19-29)38-33(14-12-13-32-24-25-37(47-32)39(42)44-6)34(41)26-36(38)46-48(7,8)40(2,3)4/h16-25,33-36,38H,9-15,26-27H2,1-8H3/t33-,34?,35?,36+,38+/m0/s1. The summed E-state index contributed by atoms with van der Waals surface area (Å²) in [5.41, 5.74) is 3.67. The van der Waals surface area contributed by atoms with E-state index in [4.69, 9.17) is 30.2 Å². The van der Waals surface area contributed by atoms with Crippen LogP contribution in [0, 0.1) is 5.92 Å². The first-order valence-corrected chi connectivity index (χ1v) is 21.9. The third-order valence-corrected chi connectivity index (χ3v) is 16.5. The van der Waals surface area contributed by atoms with Gasteiger partial charge in [-0.2, -0.15) is 0 Å². The second-order valence-electron chi connectivity index (χ2n) is 14.8. The summed E-state index contributed by atoms with van der Waals surface area (Å²) in [5, 5.41) is 0.165. The fraction of sp³-hybridized carbons (Fsp3) is 0.575. The van der Waals surface area contributed by atoms with Gasteiger partial charge in [0.25, 0.3) is 0 Å². The van der Waals surface area contributed by atoms with Gasteiger partial charge in [-0.15, -0.1) is 22.9 Å². The molecule has 2 unspecified atom stereocenters. The van der Waals surface area contributed by atoms with Crippen molar-refractivity contribution in [1.82, 2.24) is 0 Å². The van der Waals surface area contributed by atoms with Gasteiger partial charge in [0, 0.05) is 16.2 Å². The number of esters is 1. The van der Waals surface area contributed by atoms with Crippen LogP contribution in [0.4, 0.5) is 0 Å². The fourth-order valence-corrected chi connectivity index (χ4v) is 9.33. The molecular formula is C40H57ClO5SSi. The quantitative estimate of drug-likeness (QED) is 0.0603. The molecule has 1 heterocycles. The van der Waals surface area contributed by atoms with Crippen LogP contribution in [-0.4, -0.2) is 40.0 Å². The van der Waals surface area contributed by atoms with Crippen molar-refractivity contribution in [2.24, 2.45) is 5.92 Å². The second kappa shape index (κ2) is 17.7. The molecule has 1 aliphatic rings. The number of hydrogen-bond acceptors (Lipinski definition) is 6. The maximum atomic E-state index is 12.0. The van der Waals surface area contributed by atoms with Crippen molar-refractivity contribution < 1.29 is 23.4 Å². The van der Waals surface area contributed by atoms with Crippen LogP contribution >= 0.6 is 22.9 Å². The Morgan fingerprint density at radius 1 is 0.979 bits per heavy atom. The van der Waals surface area contributed by atoms with Gasteiger partial charge in [0.05, 0.1) is 33.0 Å². The van der Waals surface area contributed by atoms with E-state index in [1.54, 1.807) is 7.11 Å². The largest absolute Gasteiger partial charge is 0.497 e. The third-order valence-electron chi connectivity index (χ3n) is 10.4. The number of thiophene rings is 1. The molecule has 4 rings (SSSR count). The van der Waals surface area contributed by atoms with Gasteiger partial charge in [-0.1, -0.05) is 83.4 Å². The third kappa shape index (κ3) is 10.2. The van der Waals surface area contributed by atoms with Crippen LogP contribution in [0.1, 0.15) is 116 Å². The summed E-state index contributed by atoms with van der Waals surface area (Å²) in [7, 11) is 1.10. The van der Waals surface area contributed by atoms with E-state index in [1.807, 2.05) is 18.2 Å². The van der Waals surface area contributed by atoms with E-state index in [0.717, 1.165) is 49.8 Å².